The molecule has 1 aromatic carbocycles. The van der Waals surface area contributed by atoms with E-state index in [0.717, 1.165) is 16.7 Å². The smallest absolute Gasteiger partial charge is 0.212 e. The lowest BCUT2D eigenvalue weighted by molar-refractivity contribution is 0.339. The van der Waals surface area contributed by atoms with Gasteiger partial charge in [-0.15, -0.1) is 0 Å². The molecule has 0 amide bonds. The molecule has 24 heavy (non-hydrogen) atoms. The lowest BCUT2D eigenvalue weighted by atomic mass is 10.0. The topological polar surface area (TPSA) is 106 Å². The number of ether oxygens (including phenoxy) is 1. The largest absolute Gasteiger partial charge is 0.492 e. The van der Waals surface area contributed by atoms with Gasteiger partial charge in [-0.25, -0.2) is 13.6 Å². The number of sulfonamides is 1. The lowest BCUT2D eigenvalue weighted by Gasteiger charge is -2.11. The van der Waals surface area contributed by atoms with Gasteiger partial charge in [0.05, 0.1) is 17.4 Å². The second-order valence-electron chi connectivity index (χ2n) is 5.44. The third-order valence-electron chi connectivity index (χ3n) is 3.61. The average molecular weight is 345 g/mol. The molecule has 2 aromatic rings. The number of nitrogens with two attached hydrogens (primary N) is 1. The quantitative estimate of drug-likeness (QED) is 0.864. The standard InChI is InChI=1S/C17H19N3O3S/c1-3-23-17-8-14(4-5-15(17)9-18)16-7-13(10-20-11-16)6-12(2)24(19,21)22/h4-5,7-8,10-12H,3,6H2,1-2H3,(H2,19,21,22). The summed E-state index contributed by atoms with van der Waals surface area (Å²) in [7, 11) is -3.59. The summed E-state index contributed by atoms with van der Waals surface area (Å²) in [6, 6.07) is 9.25. The van der Waals surface area contributed by atoms with Gasteiger partial charge in [-0.1, -0.05) is 6.07 Å². The van der Waals surface area contributed by atoms with Crippen LogP contribution in [-0.4, -0.2) is 25.3 Å². The number of nitrogens with zero attached hydrogens (tertiary/aromatic N) is 2. The Morgan fingerprint density at radius 2 is 2.04 bits per heavy atom. The second-order valence-corrected chi connectivity index (χ2v) is 7.42. The zero-order valence-corrected chi connectivity index (χ0v) is 14.4. The van der Waals surface area contributed by atoms with Crippen molar-refractivity contribution in [1.29, 1.82) is 5.26 Å². The van der Waals surface area contributed by atoms with Crippen LogP contribution in [0.5, 0.6) is 5.75 Å². The molecule has 6 nitrogen and oxygen atoms in total. The van der Waals surface area contributed by atoms with Crippen LogP contribution in [0.1, 0.15) is 25.0 Å². The molecule has 0 fully saturated rings. The molecule has 0 radical (unpaired) electrons. The van der Waals surface area contributed by atoms with Crippen LogP contribution >= 0.6 is 0 Å². The third-order valence-corrected chi connectivity index (χ3v) is 4.90. The van der Waals surface area contributed by atoms with Gasteiger partial charge in [-0.3, -0.25) is 4.98 Å². The Labute approximate surface area is 142 Å². The van der Waals surface area contributed by atoms with Gasteiger partial charge in [-0.05, 0) is 49.6 Å². The van der Waals surface area contributed by atoms with E-state index in [-0.39, 0.29) is 6.42 Å². The Balaban J connectivity index is 2.35. The van der Waals surface area contributed by atoms with Crippen molar-refractivity contribution in [3.63, 3.8) is 0 Å². The third kappa shape index (κ3) is 4.31. The Kier molecular flexibility index (Phi) is 5.54. The van der Waals surface area contributed by atoms with Crippen LogP contribution in [0.25, 0.3) is 11.1 Å². The SMILES string of the molecule is CCOc1cc(-c2cncc(CC(C)S(N)(=O)=O)c2)ccc1C#N. The summed E-state index contributed by atoms with van der Waals surface area (Å²) in [4.78, 5) is 4.17. The summed E-state index contributed by atoms with van der Waals surface area (Å²) < 4.78 is 28.3. The molecular formula is C17H19N3O3S. The molecule has 0 saturated heterocycles. The number of aromatic nitrogens is 1. The minimum atomic E-state index is -3.59. The highest BCUT2D eigenvalue weighted by Crippen LogP contribution is 2.27. The molecule has 126 valence electrons. The van der Waals surface area contributed by atoms with Crippen molar-refractivity contribution in [2.75, 3.05) is 6.61 Å². The number of pyridine rings is 1. The molecule has 1 atom stereocenters. The van der Waals surface area contributed by atoms with Gasteiger partial charge in [0.15, 0.2) is 0 Å². The van der Waals surface area contributed by atoms with E-state index in [0.29, 0.717) is 17.9 Å². The fourth-order valence-electron chi connectivity index (χ4n) is 2.27. The minimum absolute atomic E-state index is 0.286. The van der Waals surface area contributed by atoms with E-state index >= 15 is 0 Å². The maximum Gasteiger partial charge on any atom is 0.212 e. The van der Waals surface area contributed by atoms with Crippen molar-refractivity contribution in [2.24, 2.45) is 5.14 Å². The first-order chi connectivity index (χ1) is 11.3. The zero-order valence-electron chi connectivity index (χ0n) is 13.6. The molecule has 1 unspecified atom stereocenters. The maximum absolute atomic E-state index is 11.4. The predicted octanol–water partition coefficient (Wildman–Crippen LogP) is 2.24. The molecule has 1 heterocycles. The number of rotatable bonds is 6. The van der Waals surface area contributed by atoms with E-state index in [1.807, 2.05) is 19.1 Å². The van der Waals surface area contributed by atoms with Gasteiger partial charge < -0.3 is 4.74 Å². The molecule has 2 rings (SSSR count). The van der Waals surface area contributed by atoms with Gasteiger partial charge >= 0.3 is 0 Å². The van der Waals surface area contributed by atoms with Crippen molar-refractivity contribution in [3.8, 4) is 22.9 Å². The van der Waals surface area contributed by atoms with Crippen LogP contribution in [0.15, 0.2) is 36.7 Å². The van der Waals surface area contributed by atoms with Crippen molar-refractivity contribution in [2.45, 2.75) is 25.5 Å². The zero-order chi connectivity index (χ0) is 17.7. The Morgan fingerprint density at radius 3 is 2.67 bits per heavy atom. The van der Waals surface area contributed by atoms with Crippen LogP contribution in [0.2, 0.25) is 0 Å². The monoisotopic (exact) mass is 345 g/mol. The molecular weight excluding hydrogens is 326 g/mol. The van der Waals surface area contributed by atoms with E-state index in [2.05, 4.69) is 11.1 Å². The molecule has 0 aliphatic heterocycles. The van der Waals surface area contributed by atoms with E-state index < -0.39 is 15.3 Å². The van der Waals surface area contributed by atoms with Crippen molar-refractivity contribution in [1.82, 2.24) is 4.98 Å². The highest BCUT2D eigenvalue weighted by atomic mass is 32.2. The molecule has 0 aliphatic carbocycles. The maximum atomic E-state index is 11.4. The molecule has 1 aromatic heterocycles. The van der Waals surface area contributed by atoms with Crippen LogP contribution in [0, 0.1) is 11.3 Å². The van der Waals surface area contributed by atoms with Crippen molar-refractivity contribution in [3.05, 3.63) is 47.8 Å². The van der Waals surface area contributed by atoms with E-state index in [1.54, 1.807) is 31.5 Å². The normalized spacial score (nSPS) is 12.4. The molecule has 0 spiro atoms. The Morgan fingerprint density at radius 1 is 1.29 bits per heavy atom. The first-order valence-corrected chi connectivity index (χ1v) is 9.09. The molecule has 0 aliphatic rings. The second kappa shape index (κ2) is 7.43. The van der Waals surface area contributed by atoms with Crippen LogP contribution in [0.4, 0.5) is 0 Å². The predicted molar refractivity (Wildman–Crippen MR) is 91.8 cm³/mol. The van der Waals surface area contributed by atoms with Crippen molar-refractivity contribution < 1.29 is 13.2 Å². The van der Waals surface area contributed by atoms with E-state index in [9.17, 15) is 8.42 Å². The average Bonchev–Trinajstić information content (AvgIpc) is 2.54. The number of hydrogen-bond donors (Lipinski definition) is 1. The van der Waals surface area contributed by atoms with E-state index in [4.69, 9.17) is 15.1 Å². The summed E-state index contributed by atoms with van der Waals surface area (Å²) in [5.74, 6) is 0.515. The molecule has 2 N–H and O–H groups in total. The van der Waals surface area contributed by atoms with Crippen LogP contribution in [-0.2, 0) is 16.4 Å². The number of nitriles is 1. The van der Waals surface area contributed by atoms with Gasteiger partial charge in [-0.2, -0.15) is 5.26 Å². The summed E-state index contributed by atoms with van der Waals surface area (Å²) in [6.07, 6.45) is 3.59. The summed E-state index contributed by atoms with van der Waals surface area (Å²) >= 11 is 0. The molecule has 0 bridgehead atoms. The highest BCUT2D eigenvalue weighted by molar-refractivity contribution is 7.89. The number of benzene rings is 1. The van der Waals surface area contributed by atoms with E-state index in [1.165, 1.54) is 0 Å². The van der Waals surface area contributed by atoms with Crippen LogP contribution < -0.4 is 9.88 Å². The summed E-state index contributed by atoms with van der Waals surface area (Å²) in [6.45, 7) is 3.88. The van der Waals surface area contributed by atoms with Gasteiger partial charge in [0.2, 0.25) is 10.0 Å². The lowest BCUT2D eigenvalue weighted by Crippen LogP contribution is -2.27. The number of primary sulfonamides is 1. The highest BCUT2D eigenvalue weighted by Gasteiger charge is 2.16. The summed E-state index contributed by atoms with van der Waals surface area (Å²) in [5, 5.41) is 13.6. The Bertz CT molecular complexity index is 873. The molecule has 0 saturated carbocycles. The van der Waals surface area contributed by atoms with Gasteiger partial charge in [0.25, 0.3) is 0 Å². The van der Waals surface area contributed by atoms with Crippen molar-refractivity contribution >= 4 is 10.0 Å². The van der Waals surface area contributed by atoms with Gasteiger partial charge in [0.1, 0.15) is 11.8 Å². The first-order valence-electron chi connectivity index (χ1n) is 7.48. The fourth-order valence-corrected chi connectivity index (χ4v) is 2.70. The Hall–Kier alpha value is -2.43. The van der Waals surface area contributed by atoms with Crippen LogP contribution in [0.3, 0.4) is 0 Å². The number of hydrogen-bond acceptors (Lipinski definition) is 5. The molecule has 7 heteroatoms. The minimum Gasteiger partial charge on any atom is -0.492 e. The first kappa shape index (κ1) is 17.9. The summed E-state index contributed by atoms with van der Waals surface area (Å²) in [5.41, 5.74) is 2.90. The van der Waals surface area contributed by atoms with Gasteiger partial charge in [0, 0.05) is 18.0 Å². The fraction of sp³-hybridized carbons (Fsp3) is 0.294.